The van der Waals surface area contributed by atoms with Crippen LogP contribution in [0.5, 0.6) is 0 Å². The van der Waals surface area contributed by atoms with Crippen LogP contribution < -0.4 is 19.6 Å². The van der Waals surface area contributed by atoms with E-state index in [0.29, 0.717) is 0 Å². The van der Waals surface area contributed by atoms with E-state index in [0.717, 1.165) is 28.4 Å². The normalized spacial score (nSPS) is 14.6. The number of allylic oxidation sites excluding steroid dienone is 2. The van der Waals surface area contributed by atoms with E-state index in [4.69, 9.17) is 11.8 Å². The maximum atomic E-state index is 6.25. The summed E-state index contributed by atoms with van der Waals surface area (Å²) in [7, 11) is 0. The van der Waals surface area contributed by atoms with Gasteiger partial charge in [-0.25, -0.2) is 0 Å². The summed E-state index contributed by atoms with van der Waals surface area (Å²) >= 11 is 0. The third-order valence-corrected chi connectivity index (χ3v) is 9.12. The minimum absolute atomic E-state index is 0. The number of aryl methyl sites for hydroxylation is 2. The Bertz CT molecular complexity index is 1770. The molecule has 0 radical (unpaired) electrons. The molecule has 6 rings (SSSR count). The van der Waals surface area contributed by atoms with E-state index >= 15 is 0 Å². The maximum absolute atomic E-state index is 6.25. The molecule has 4 aromatic rings. The zero-order chi connectivity index (χ0) is 33.6. The van der Waals surface area contributed by atoms with Gasteiger partial charge >= 0.3 is 21.1 Å². The number of nitrogens with zero attached hydrogens (tertiary/aromatic N) is 5. The average molecular weight is 803 g/mol. The van der Waals surface area contributed by atoms with Crippen LogP contribution >= 0.6 is 0 Å². The molecule has 0 aromatic heterocycles. The van der Waals surface area contributed by atoms with Crippen molar-refractivity contribution in [2.75, 3.05) is 19.6 Å². The van der Waals surface area contributed by atoms with Crippen LogP contribution in [-0.4, -0.2) is 0 Å². The van der Waals surface area contributed by atoms with Crippen molar-refractivity contribution in [3.63, 3.8) is 0 Å². The molecule has 0 saturated carbocycles. The molecule has 0 amide bonds. The van der Waals surface area contributed by atoms with Gasteiger partial charge in [0.2, 0.25) is 0 Å². The van der Waals surface area contributed by atoms with Gasteiger partial charge in [-0.1, -0.05) is 65.8 Å². The second-order valence-electron chi connectivity index (χ2n) is 14.3. The average Bonchev–Trinajstić information content (AvgIpc) is 3.54. The van der Waals surface area contributed by atoms with E-state index in [1.165, 1.54) is 39.3 Å². The van der Waals surface area contributed by atoms with Gasteiger partial charge in [0, 0.05) is 34.1 Å². The SMILES string of the molecule is CC1=C(C)N(c2ccc(C(C)(C)C)cc2)[CH-]N1c1[c-]c(N2[CH-]N(c3ccc(C(C)(C)C)cc3)c3cc(C)c(C)cc32)ccc1.[C-]#N.[Pt+4]. The first kappa shape index (κ1) is 35.8. The van der Waals surface area contributed by atoms with Crippen LogP contribution in [-0.2, 0) is 31.9 Å². The minimum atomic E-state index is 0. The van der Waals surface area contributed by atoms with Gasteiger partial charge in [-0.05, 0) is 97.2 Å². The third-order valence-electron chi connectivity index (χ3n) is 9.12. The summed E-state index contributed by atoms with van der Waals surface area (Å²) in [5, 5.41) is 6.25. The minimum Gasteiger partial charge on any atom is -0.512 e. The molecule has 0 spiro atoms. The van der Waals surface area contributed by atoms with Crippen LogP contribution in [0.2, 0.25) is 0 Å². The monoisotopic (exact) mass is 802 g/mol. The molecule has 6 heteroatoms. The Hall–Kier alpha value is -4.00. The van der Waals surface area contributed by atoms with E-state index in [2.05, 4.69) is 187 Å². The molecule has 2 aliphatic heterocycles. The Labute approximate surface area is 297 Å². The summed E-state index contributed by atoms with van der Waals surface area (Å²) in [5.74, 6) is 0. The molecule has 244 valence electrons. The second-order valence-corrected chi connectivity index (χ2v) is 14.3. The number of benzene rings is 4. The molecule has 2 heterocycles. The summed E-state index contributed by atoms with van der Waals surface area (Å²) in [4.78, 5) is 9.09. The van der Waals surface area contributed by atoms with Crippen molar-refractivity contribution < 1.29 is 21.1 Å². The van der Waals surface area contributed by atoms with Crippen molar-refractivity contribution in [1.29, 1.82) is 5.26 Å². The summed E-state index contributed by atoms with van der Waals surface area (Å²) in [6.07, 6.45) is 0. The standard InChI is InChI=1S/C40H45N4.CN.Pt/c1-27-22-37-38(23-28(27)2)44(26-43(37)34-20-16-32(17-21-34)40(8,9)10)36-13-11-12-35(24-36)42-25-41(29(3)30(42)4)33-18-14-31(15-19-33)39(5,6)7;1-2;/h11-23,25-26H,1-10H3;;/q-3;-1;+4. The Morgan fingerprint density at radius 3 is 1.40 bits per heavy atom. The van der Waals surface area contributed by atoms with Crippen LogP contribution in [0.1, 0.15) is 77.6 Å². The predicted molar refractivity (Wildman–Crippen MR) is 193 cm³/mol. The fraction of sp³-hybridized carbons (Fsp3) is 0.293. The molecule has 0 aliphatic carbocycles. The molecular formula is C41H45N5Pt. The van der Waals surface area contributed by atoms with Gasteiger partial charge in [0.25, 0.3) is 0 Å². The van der Waals surface area contributed by atoms with Crippen LogP contribution in [0.4, 0.5) is 34.1 Å². The summed E-state index contributed by atoms with van der Waals surface area (Å²) in [6.45, 7) is 31.4. The molecule has 4 aromatic carbocycles. The fourth-order valence-corrected chi connectivity index (χ4v) is 5.92. The van der Waals surface area contributed by atoms with Crippen molar-refractivity contribution in [2.45, 2.75) is 80.1 Å². The molecule has 5 nitrogen and oxygen atoms in total. The summed E-state index contributed by atoms with van der Waals surface area (Å²) < 4.78 is 0. The van der Waals surface area contributed by atoms with Gasteiger partial charge in [-0.15, -0.1) is 42.9 Å². The van der Waals surface area contributed by atoms with Gasteiger partial charge < -0.3 is 31.4 Å². The van der Waals surface area contributed by atoms with Gasteiger partial charge in [0.1, 0.15) is 0 Å². The first-order valence-corrected chi connectivity index (χ1v) is 15.8. The third kappa shape index (κ3) is 7.00. The number of hydrogen-bond acceptors (Lipinski definition) is 5. The molecule has 0 fully saturated rings. The Balaban J connectivity index is 0.00000164. The zero-order valence-electron chi connectivity index (χ0n) is 29.2. The van der Waals surface area contributed by atoms with Crippen LogP contribution in [0.3, 0.4) is 0 Å². The molecule has 0 bridgehead atoms. The fourth-order valence-electron chi connectivity index (χ4n) is 5.92. The molecule has 2 aliphatic rings. The first-order chi connectivity index (χ1) is 21.7. The molecular weight excluding hydrogens is 758 g/mol. The van der Waals surface area contributed by atoms with Crippen molar-refractivity contribution in [3.05, 3.63) is 138 Å². The van der Waals surface area contributed by atoms with Crippen molar-refractivity contribution in [2.24, 2.45) is 0 Å². The van der Waals surface area contributed by atoms with Crippen LogP contribution in [0.25, 0.3) is 0 Å². The van der Waals surface area contributed by atoms with E-state index < -0.39 is 0 Å². The number of fused-ring (bicyclic) bond motifs is 1. The first-order valence-electron chi connectivity index (χ1n) is 15.8. The molecule has 0 N–H and O–H groups in total. The predicted octanol–water partition coefficient (Wildman–Crippen LogP) is 10.9. The molecule has 47 heavy (non-hydrogen) atoms. The smallest absolute Gasteiger partial charge is 0.512 e. The zero-order valence-corrected chi connectivity index (χ0v) is 31.5. The van der Waals surface area contributed by atoms with Crippen molar-refractivity contribution >= 4 is 34.1 Å². The van der Waals surface area contributed by atoms with Gasteiger partial charge in [0.05, 0.1) is 0 Å². The van der Waals surface area contributed by atoms with E-state index in [1.807, 2.05) is 0 Å². The van der Waals surface area contributed by atoms with E-state index in [-0.39, 0.29) is 31.9 Å². The van der Waals surface area contributed by atoms with E-state index in [9.17, 15) is 0 Å². The van der Waals surface area contributed by atoms with Gasteiger partial charge in [0.15, 0.2) is 0 Å². The Morgan fingerprint density at radius 1 is 0.553 bits per heavy atom. The number of rotatable bonds is 4. The maximum Gasteiger partial charge on any atom is 4.00 e. The van der Waals surface area contributed by atoms with E-state index in [1.54, 1.807) is 0 Å². The number of hydrogen-bond donors (Lipinski definition) is 0. The molecule has 0 atom stereocenters. The largest absolute Gasteiger partial charge is 4.00 e. The topological polar surface area (TPSA) is 36.8 Å². The van der Waals surface area contributed by atoms with Crippen molar-refractivity contribution in [1.82, 2.24) is 0 Å². The van der Waals surface area contributed by atoms with Crippen LogP contribution in [0.15, 0.2) is 90.3 Å². The summed E-state index contributed by atoms with van der Waals surface area (Å²) in [6, 6.07) is 32.7. The van der Waals surface area contributed by atoms with Crippen LogP contribution in [0, 0.1) is 45.1 Å². The molecule has 0 saturated heterocycles. The van der Waals surface area contributed by atoms with Crippen molar-refractivity contribution in [3.8, 4) is 0 Å². The Morgan fingerprint density at radius 2 is 0.936 bits per heavy atom. The Kier molecular flexibility index (Phi) is 10.4. The van der Waals surface area contributed by atoms with Gasteiger partial charge in [-0.3, -0.25) is 0 Å². The molecule has 0 unspecified atom stereocenters. The van der Waals surface area contributed by atoms with Gasteiger partial charge in [-0.2, -0.15) is 6.07 Å². The summed E-state index contributed by atoms with van der Waals surface area (Å²) in [5.41, 5.74) is 14.5. The quantitative estimate of drug-likeness (QED) is 0.192. The second kappa shape index (κ2) is 13.6. The number of anilines is 6.